The third kappa shape index (κ3) is 3.26. The van der Waals surface area contributed by atoms with Gasteiger partial charge in [-0.05, 0) is 29.8 Å². The number of nitrogens with one attached hydrogen (secondary N) is 1. The van der Waals surface area contributed by atoms with Crippen LogP contribution in [0.5, 0.6) is 5.75 Å². The molecular weight excluding hydrogens is 281 g/mol. The lowest BCUT2D eigenvalue weighted by molar-refractivity contribution is 0.415. The van der Waals surface area contributed by atoms with Gasteiger partial charge in [-0.2, -0.15) is 5.26 Å². The van der Waals surface area contributed by atoms with Crippen LogP contribution < -0.4 is 10.1 Å². The standard InChI is InChI=1S/C15H11F3N2O/c1-21-11-4-2-3-10(7-11)20-14(8-19)9-5-12(16)15(18)13(17)6-9/h2-7,14,20H,1H3. The van der Waals surface area contributed by atoms with E-state index in [2.05, 4.69) is 5.32 Å². The number of halogens is 3. The van der Waals surface area contributed by atoms with E-state index in [1.807, 2.05) is 6.07 Å². The van der Waals surface area contributed by atoms with Gasteiger partial charge in [0.25, 0.3) is 0 Å². The molecule has 0 bridgehead atoms. The Bertz CT molecular complexity index is 675. The second-order valence-corrected chi connectivity index (χ2v) is 4.24. The van der Waals surface area contributed by atoms with Gasteiger partial charge in [-0.25, -0.2) is 13.2 Å². The Kier molecular flexibility index (Phi) is 4.33. The molecule has 6 heteroatoms. The Morgan fingerprint density at radius 1 is 1.14 bits per heavy atom. The average Bonchev–Trinajstić information content (AvgIpc) is 2.50. The molecule has 108 valence electrons. The normalized spacial score (nSPS) is 11.6. The Morgan fingerprint density at radius 3 is 2.38 bits per heavy atom. The maximum Gasteiger partial charge on any atom is 0.194 e. The Morgan fingerprint density at radius 2 is 1.81 bits per heavy atom. The summed E-state index contributed by atoms with van der Waals surface area (Å²) in [5.41, 5.74) is 0.530. The van der Waals surface area contributed by atoms with Crippen LogP contribution in [0.2, 0.25) is 0 Å². The van der Waals surface area contributed by atoms with Gasteiger partial charge in [0.1, 0.15) is 11.8 Å². The van der Waals surface area contributed by atoms with Crippen molar-refractivity contribution in [1.29, 1.82) is 5.26 Å². The van der Waals surface area contributed by atoms with Crippen LogP contribution in [-0.2, 0) is 0 Å². The molecular formula is C15H11F3N2O. The van der Waals surface area contributed by atoms with Crippen LogP contribution >= 0.6 is 0 Å². The smallest absolute Gasteiger partial charge is 0.194 e. The summed E-state index contributed by atoms with van der Waals surface area (Å²) in [6.07, 6.45) is 0. The van der Waals surface area contributed by atoms with Gasteiger partial charge < -0.3 is 10.1 Å². The zero-order chi connectivity index (χ0) is 15.4. The molecule has 1 N–H and O–H groups in total. The molecule has 2 aromatic rings. The molecule has 0 aromatic heterocycles. The van der Waals surface area contributed by atoms with Crippen LogP contribution in [0.1, 0.15) is 11.6 Å². The van der Waals surface area contributed by atoms with E-state index in [0.717, 1.165) is 12.1 Å². The molecule has 0 spiro atoms. The summed E-state index contributed by atoms with van der Waals surface area (Å²) < 4.78 is 44.4. The molecule has 3 nitrogen and oxygen atoms in total. The summed E-state index contributed by atoms with van der Waals surface area (Å²) in [5, 5.41) is 11.9. The average molecular weight is 292 g/mol. The summed E-state index contributed by atoms with van der Waals surface area (Å²) in [7, 11) is 1.49. The van der Waals surface area contributed by atoms with Crippen LogP contribution in [0.15, 0.2) is 36.4 Å². The first-order valence-corrected chi connectivity index (χ1v) is 6.00. The molecule has 2 rings (SSSR count). The number of hydrogen-bond donors (Lipinski definition) is 1. The quantitative estimate of drug-likeness (QED) is 0.872. The summed E-state index contributed by atoms with van der Waals surface area (Å²) in [5.74, 6) is -3.67. The molecule has 0 heterocycles. The molecule has 0 radical (unpaired) electrons. The van der Waals surface area contributed by atoms with Crippen molar-refractivity contribution >= 4 is 5.69 Å². The van der Waals surface area contributed by atoms with Crippen molar-refractivity contribution in [2.24, 2.45) is 0 Å². The minimum atomic E-state index is -1.56. The molecule has 0 aliphatic heterocycles. The third-order valence-corrected chi connectivity index (χ3v) is 2.85. The molecule has 1 unspecified atom stereocenters. The molecule has 1 atom stereocenters. The molecule has 21 heavy (non-hydrogen) atoms. The monoisotopic (exact) mass is 292 g/mol. The van der Waals surface area contributed by atoms with Crippen molar-refractivity contribution < 1.29 is 17.9 Å². The minimum Gasteiger partial charge on any atom is -0.497 e. The number of benzene rings is 2. The number of rotatable bonds is 4. The van der Waals surface area contributed by atoms with Crippen molar-refractivity contribution in [3.8, 4) is 11.8 Å². The van der Waals surface area contributed by atoms with Crippen molar-refractivity contribution in [3.05, 3.63) is 59.4 Å². The summed E-state index contributed by atoms with van der Waals surface area (Å²) >= 11 is 0. The van der Waals surface area contributed by atoms with E-state index < -0.39 is 23.5 Å². The van der Waals surface area contributed by atoms with Gasteiger partial charge in [-0.1, -0.05) is 6.07 Å². The topological polar surface area (TPSA) is 45.0 Å². The van der Waals surface area contributed by atoms with Gasteiger partial charge in [0, 0.05) is 11.8 Å². The SMILES string of the molecule is COc1cccc(NC(C#N)c2cc(F)c(F)c(F)c2)c1. The molecule has 0 aliphatic rings. The lowest BCUT2D eigenvalue weighted by Gasteiger charge is -2.14. The highest BCUT2D eigenvalue weighted by atomic mass is 19.2. The number of ether oxygens (including phenoxy) is 1. The van der Waals surface area contributed by atoms with E-state index in [1.165, 1.54) is 7.11 Å². The lowest BCUT2D eigenvalue weighted by Crippen LogP contribution is -2.10. The molecule has 0 saturated heterocycles. The molecule has 0 saturated carbocycles. The van der Waals surface area contributed by atoms with Crippen LogP contribution in [0.3, 0.4) is 0 Å². The highest BCUT2D eigenvalue weighted by molar-refractivity contribution is 5.51. The predicted octanol–water partition coefficient (Wildman–Crippen LogP) is 3.79. The van der Waals surface area contributed by atoms with Crippen molar-refractivity contribution in [2.75, 3.05) is 12.4 Å². The van der Waals surface area contributed by atoms with E-state index in [1.54, 1.807) is 24.3 Å². The molecule has 0 amide bonds. The fraction of sp³-hybridized carbons (Fsp3) is 0.133. The van der Waals surface area contributed by atoms with Crippen molar-refractivity contribution in [3.63, 3.8) is 0 Å². The predicted molar refractivity (Wildman–Crippen MR) is 71.3 cm³/mol. The fourth-order valence-electron chi connectivity index (χ4n) is 1.81. The second kappa shape index (κ2) is 6.18. The van der Waals surface area contributed by atoms with Gasteiger partial charge in [0.15, 0.2) is 17.5 Å². The van der Waals surface area contributed by atoms with E-state index >= 15 is 0 Å². The third-order valence-electron chi connectivity index (χ3n) is 2.85. The van der Waals surface area contributed by atoms with Crippen molar-refractivity contribution in [1.82, 2.24) is 0 Å². The number of nitriles is 1. The number of methoxy groups -OCH3 is 1. The highest BCUT2D eigenvalue weighted by Crippen LogP contribution is 2.24. The zero-order valence-corrected chi connectivity index (χ0v) is 11.0. The first-order valence-electron chi connectivity index (χ1n) is 6.00. The van der Waals surface area contributed by atoms with E-state index in [-0.39, 0.29) is 5.56 Å². The van der Waals surface area contributed by atoms with E-state index in [0.29, 0.717) is 11.4 Å². The van der Waals surface area contributed by atoms with E-state index in [4.69, 9.17) is 10.00 Å². The Balaban J connectivity index is 2.30. The largest absolute Gasteiger partial charge is 0.497 e. The first kappa shape index (κ1) is 14.7. The Labute approximate surface area is 119 Å². The zero-order valence-electron chi connectivity index (χ0n) is 11.0. The number of hydrogen-bond acceptors (Lipinski definition) is 3. The minimum absolute atomic E-state index is 0.00304. The molecule has 0 fully saturated rings. The maximum absolute atomic E-state index is 13.2. The van der Waals surface area contributed by atoms with Gasteiger partial charge in [-0.15, -0.1) is 0 Å². The van der Waals surface area contributed by atoms with E-state index in [9.17, 15) is 13.2 Å². The van der Waals surface area contributed by atoms with Crippen LogP contribution in [0.25, 0.3) is 0 Å². The summed E-state index contributed by atoms with van der Waals surface area (Å²) in [6, 6.07) is 9.13. The van der Waals surface area contributed by atoms with Crippen molar-refractivity contribution in [2.45, 2.75) is 6.04 Å². The van der Waals surface area contributed by atoms with Gasteiger partial charge >= 0.3 is 0 Å². The summed E-state index contributed by atoms with van der Waals surface area (Å²) in [4.78, 5) is 0. The summed E-state index contributed by atoms with van der Waals surface area (Å²) in [6.45, 7) is 0. The molecule has 0 aliphatic carbocycles. The van der Waals surface area contributed by atoms with Crippen LogP contribution in [0.4, 0.5) is 18.9 Å². The first-order chi connectivity index (χ1) is 10.0. The van der Waals surface area contributed by atoms with Crippen LogP contribution in [0, 0.1) is 28.8 Å². The number of anilines is 1. The van der Waals surface area contributed by atoms with Crippen LogP contribution in [-0.4, -0.2) is 7.11 Å². The lowest BCUT2D eigenvalue weighted by atomic mass is 10.1. The highest BCUT2D eigenvalue weighted by Gasteiger charge is 2.17. The van der Waals surface area contributed by atoms with Gasteiger partial charge in [0.2, 0.25) is 0 Å². The van der Waals surface area contributed by atoms with Gasteiger partial charge in [0.05, 0.1) is 13.2 Å². The molecule has 2 aromatic carbocycles. The Hall–Kier alpha value is -2.68. The maximum atomic E-state index is 13.2. The number of nitrogens with zero attached hydrogens (tertiary/aromatic N) is 1. The second-order valence-electron chi connectivity index (χ2n) is 4.24. The fourth-order valence-corrected chi connectivity index (χ4v) is 1.81. The van der Waals surface area contributed by atoms with Gasteiger partial charge in [-0.3, -0.25) is 0 Å².